The van der Waals surface area contributed by atoms with Crippen LogP contribution < -0.4 is 31.8 Å². The van der Waals surface area contributed by atoms with Crippen molar-refractivity contribution in [2.75, 3.05) is 0 Å². The molecule has 0 aliphatic heterocycles. The molecule has 0 saturated carbocycles. The van der Waals surface area contributed by atoms with Crippen LogP contribution in [-0.2, 0) is 0 Å². The number of rotatable bonds is 8. The van der Waals surface area contributed by atoms with E-state index in [2.05, 4.69) is 182 Å². The van der Waals surface area contributed by atoms with Gasteiger partial charge in [0.05, 0.1) is 6.10 Å². The van der Waals surface area contributed by atoms with Gasteiger partial charge in [0.1, 0.15) is 0 Å². The lowest BCUT2D eigenvalue weighted by Crippen LogP contribution is -2.20. The van der Waals surface area contributed by atoms with Gasteiger partial charge in [-0.1, -0.05) is 196 Å². The van der Waals surface area contributed by atoms with Crippen LogP contribution in [0.5, 0.6) is 0 Å². The molecule has 5 heteroatoms. The molecule has 1 nitrogen and oxygen atoms in total. The quantitative estimate of drug-likeness (QED) is 0.159. The van der Waals surface area contributed by atoms with Crippen molar-refractivity contribution in [3.05, 3.63) is 182 Å². The largest absolute Gasteiger partial charge is 0.393 e. The van der Waals surface area contributed by atoms with Crippen molar-refractivity contribution in [2.24, 2.45) is 0 Å². The summed E-state index contributed by atoms with van der Waals surface area (Å²) in [6, 6.07) is 64.7. The fourth-order valence-electron chi connectivity index (χ4n) is 4.65. The summed E-state index contributed by atoms with van der Waals surface area (Å²) in [6.07, 6.45) is 1.71. The third kappa shape index (κ3) is 12.1. The van der Waals surface area contributed by atoms with E-state index in [9.17, 15) is 0 Å². The van der Waals surface area contributed by atoms with Crippen LogP contribution in [0.1, 0.15) is 26.7 Å². The van der Waals surface area contributed by atoms with E-state index in [0.717, 1.165) is 12.8 Å². The molecule has 0 fully saturated rings. The van der Waals surface area contributed by atoms with Crippen molar-refractivity contribution in [1.29, 1.82) is 0 Å². The minimum atomic E-state index is -0.446. The molecule has 0 saturated heterocycles. The Morgan fingerprint density at radius 3 is 0.609 bits per heavy atom. The van der Waals surface area contributed by atoms with E-state index in [4.69, 9.17) is 5.11 Å². The topological polar surface area (TPSA) is 20.2 Å². The van der Waals surface area contributed by atoms with E-state index >= 15 is 0 Å². The summed E-state index contributed by atoms with van der Waals surface area (Å²) in [5.41, 5.74) is 0. The number of halogens is 2. The van der Waals surface area contributed by atoms with Crippen LogP contribution in [0.3, 0.4) is 0 Å². The molecule has 0 aromatic heterocycles. The minimum Gasteiger partial charge on any atom is -0.393 e. The van der Waals surface area contributed by atoms with Gasteiger partial charge in [-0.05, 0) is 60.5 Å². The van der Waals surface area contributed by atoms with Crippen LogP contribution in [0, 0.1) is 0 Å². The molecule has 238 valence electrons. The Kier molecular flexibility index (Phi) is 18.8. The zero-order chi connectivity index (χ0) is 30.8. The first-order valence-electron chi connectivity index (χ1n) is 15.3. The normalized spacial score (nSPS) is 10.0. The summed E-state index contributed by atoms with van der Waals surface area (Å²) in [7, 11) is -0.892. The van der Waals surface area contributed by atoms with Crippen molar-refractivity contribution >= 4 is 72.5 Å². The van der Waals surface area contributed by atoms with Crippen molar-refractivity contribution in [2.45, 2.75) is 32.8 Å². The second-order valence-electron chi connectivity index (χ2n) is 10.2. The van der Waals surface area contributed by atoms with E-state index < -0.39 is 15.8 Å². The predicted octanol–water partition coefficient (Wildman–Crippen LogP) is 8.90. The van der Waals surface area contributed by atoms with Gasteiger partial charge < -0.3 is 5.11 Å². The third-order valence-electron chi connectivity index (χ3n) is 7.03. The summed E-state index contributed by atoms with van der Waals surface area (Å²) >= 11 is 0. The second-order valence-corrected chi connectivity index (χ2v) is 14.6. The summed E-state index contributed by atoms with van der Waals surface area (Å²) in [6.45, 7) is 3.96. The highest BCUT2D eigenvalue weighted by Gasteiger charge is 2.16. The van der Waals surface area contributed by atoms with Gasteiger partial charge >= 0.3 is 0 Å². The fourth-order valence-corrected chi connectivity index (χ4v) is 9.26. The van der Waals surface area contributed by atoms with Crippen LogP contribution in [0.25, 0.3) is 0 Å². The highest BCUT2D eigenvalue weighted by Crippen LogP contribution is 2.33. The average Bonchev–Trinajstić information content (AvgIpc) is 3.11. The van der Waals surface area contributed by atoms with E-state index in [1.807, 2.05) is 13.8 Å². The van der Waals surface area contributed by atoms with Crippen molar-refractivity contribution in [3.63, 3.8) is 0 Å². The summed E-state index contributed by atoms with van der Waals surface area (Å²) in [5, 5.41) is 17.1. The first kappa shape index (κ1) is 38.9. The summed E-state index contributed by atoms with van der Waals surface area (Å²) in [4.78, 5) is 0. The monoisotopic (exact) mass is 684 g/mol. The van der Waals surface area contributed by atoms with Crippen LogP contribution >= 0.6 is 40.7 Å². The van der Waals surface area contributed by atoms with Gasteiger partial charge in [-0.15, -0.1) is 24.8 Å². The Bertz CT molecular complexity index is 1260. The van der Waals surface area contributed by atoms with Crippen LogP contribution in [0.2, 0.25) is 0 Å². The maximum atomic E-state index is 8.67. The molecule has 0 unspecified atom stereocenters. The Balaban J connectivity index is 0.000000263. The van der Waals surface area contributed by atoms with Gasteiger partial charge in [0.2, 0.25) is 0 Å². The van der Waals surface area contributed by atoms with Crippen LogP contribution in [-0.4, -0.2) is 11.2 Å². The van der Waals surface area contributed by atoms with Crippen LogP contribution in [0.15, 0.2) is 182 Å². The smallest absolute Gasteiger partial charge is 0.0535 e. The fraction of sp³-hybridized carbons (Fsp3) is 0.122. The van der Waals surface area contributed by atoms with Gasteiger partial charge in [0.25, 0.3) is 0 Å². The Morgan fingerprint density at radius 2 is 0.500 bits per heavy atom. The molecule has 6 rings (SSSR count). The molecule has 6 aromatic carbocycles. The highest BCUT2D eigenvalue weighted by molar-refractivity contribution is 7.80. The minimum absolute atomic E-state index is 0. The molecular formula is C41H44Cl2OP2. The maximum Gasteiger partial charge on any atom is 0.0535 e. The molecule has 0 atom stereocenters. The average molecular weight is 686 g/mol. The Hall–Kier alpha value is -3.28. The highest BCUT2D eigenvalue weighted by atomic mass is 35.5. The molecule has 0 bridgehead atoms. The van der Waals surface area contributed by atoms with Gasteiger partial charge in [-0.25, -0.2) is 0 Å². The molecule has 0 radical (unpaired) electrons. The molecule has 6 aromatic rings. The van der Waals surface area contributed by atoms with E-state index in [-0.39, 0.29) is 30.9 Å². The van der Waals surface area contributed by atoms with E-state index in [1.165, 1.54) is 31.8 Å². The van der Waals surface area contributed by atoms with Gasteiger partial charge in [-0.3, -0.25) is 0 Å². The van der Waals surface area contributed by atoms with Crippen LogP contribution in [0.4, 0.5) is 0 Å². The zero-order valence-electron chi connectivity index (χ0n) is 26.5. The van der Waals surface area contributed by atoms with E-state index in [1.54, 1.807) is 0 Å². The zero-order valence-corrected chi connectivity index (χ0v) is 29.9. The number of aliphatic hydroxyl groups is 1. The Morgan fingerprint density at radius 1 is 0.348 bits per heavy atom. The molecule has 0 spiro atoms. The first-order valence-corrected chi connectivity index (χ1v) is 18.0. The number of aliphatic hydroxyl groups excluding tert-OH is 1. The maximum absolute atomic E-state index is 8.67. The molecule has 0 heterocycles. The molecule has 46 heavy (non-hydrogen) atoms. The van der Waals surface area contributed by atoms with E-state index in [0.29, 0.717) is 0 Å². The second kappa shape index (κ2) is 22.3. The lowest BCUT2D eigenvalue weighted by molar-refractivity contribution is 0.166. The summed E-state index contributed by atoms with van der Waals surface area (Å²) in [5.74, 6) is 0. The molecule has 1 N–H and O–H groups in total. The van der Waals surface area contributed by atoms with Crippen molar-refractivity contribution in [3.8, 4) is 0 Å². The predicted molar refractivity (Wildman–Crippen MR) is 211 cm³/mol. The SMILES string of the molecule is CCC(O)CC.Cl.Cl.c1ccc(P(c2ccccc2)c2ccccc2)cc1.c1ccc(P(c2ccccc2)c2ccccc2)cc1. The van der Waals surface area contributed by atoms with Crippen molar-refractivity contribution < 1.29 is 5.11 Å². The van der Waals surface area contributed by atoms with Crippen molar-refractivity contribution in [1.82, 2.24) is 0 Å². The molecule has 0 aliphatic rings. The number of hydrogen-bond acceptors (Lipinski definition) is 1. The van der Waals surface area contributed by atoms with Gasteiger partial charge in [0.15, 0.2) is 0 Å². The first-order chi connectivity index (χ1) is 21.7. The van der Waals surface area contributed by atoms with Gasteiger partial charge in [-0.2, -0.15) is 0 Å². The number of benzene rings is 6. The molecule has 0 amide bonds. The standard InChI is InChI=1S/2C18H15P.C5H12O.2ClH/c2*1-4-10-16(11-5-1)19(17-12-6-2-7-13-17)18-14-8-3-9-15-18;1-3-5(6)4-2;;/h2*1-15H;5-6H,3-4H2,1-2H3;2*1H. The molecule has 0 aliphatic carbocycles. The summed E-state index contributed by atoms with van der Waals surface area (Å²) < 4.78 is 0. The molecular weight excluding hydrogens is 641 g/mol. The lowest BCUT2D eigenvalue weighted by atomic mass is 10.2. The lowest BCUT2D eigenvalue weighted by Gasteiger charge is -2.18. The third-order valence-corrected chi connectivity index (χ3v) is 11.9. The Labute approximate surface area is 291 Å². The van der Waals surface area contributed by atoms with Gasteiger partial charge in [0, 0.05) is 0 Å². The number of hydrogen-bond donors (Lipinski definition) is 1.